The number of hydrogen-bond acceptors (Lipinski definition) is 4. The molecule has 118 valence electrons. The zero-order valence-corrected chi connectivity index (χ0v) is 13.6. The predicted molar refractivity (Wildman–Crippen MR) is 83.0 cm³/mol. The van der Waals surface area contributed by atoms with Gasteiger partial charge in [0.25, 0.3) is 0 Å². The Morgan fingerprint density at radius 1 is 1.32 bits per heavy atom. The molecule has 0 N–H and O–H groups in total. The Morgan fingerprint density at radius 2 is 2.00 bits per heavy atom. The quantitative estimate of drug-likeness (QED) is 0.631. The van der Waals surface area contributed by atoms with Crippen LogP contribution < -0.4 is 0 Å². The maximum atomic E-state index is 11.9. The molecule has 0 amide bonds. The smallest absolute Gasteiger partial charge is 0.333 e. The fourth-order valence-electron chi connectivity index (χ4n) is 2.76. The largest absolute Gasteiger partial charge is 0.461 e. The number of ether oxygens (including phenoxy) is 2. The van der Waals surface area contributed by atoms with Gasteiger partial charge in [-0.25, -0.2) is 4.79 Å². The molecule has 0 saturated carbocycles. The van der Waals surface area contributed by atoms with Gasteiger partial charge in [-0.3, -0.25) is 4.79 Å². The third-order valence-electron chi connectivity index (χ3n) is 3.86. The van der Waals surface area contributed by atoms with Crippen LogP contribution in [0.2, 0.25) is 0 Å². The lowest BCUT2D eigenvalue weighted by Gasteiger charge is -2.27. The number of fused-ring (bicyclic) bond motifs is 1. The van der Waals surface area contributed by atoms with E-state index in [0.717, 1.165) is 23.1 Å². The second-order valence-corrected chi connectivity index (χ2v) is 6.54. The molecule has 1 unspecified atom stereocenters. The molecule has 1 aromatic carbocycles. The van der Waals surface area contributed by atoms with E-state index in [2.05, 4.69) is 20.4 Å². The number of rotatable bonds is 4. The minimum atomic E-state index is -0.378. The number of carbonyl (C=O) groups is 2. The summed E-state index contributed by atoms with van der Waals surface area (Å²) in [4.78, 5) is 22.8. The van der Waals surface area contributed by atoms with Gasteiger partial charge in [-0.15, -0.1) is 0 Å². The van der Waals surface area contributed by atoms with E-state index in [1.807, 2.05) is 18.2 Å². The Morgan fingerprint density at radius 3 is 2.59 bits per heavy atom. The minimum absolute atomic E-state index is 0.173. The second-order valence-electron chi connectivity index (χ2n) is 6.54. The van der Waals surface area contributed by atoms with Crippen molar-refractivity contribution in [2.45, 2.75) is 46.8 Å². The molecule has 0 bridgehead atoms. The van der Waals surface area contributed by atoms with Crippen molar-refractivity contribution in [3.05, 3.63) is 47.0 Å². The lowest BCUT2D eigenvalue weighted by atomic mass is 9.87. The molecule has 0 saturated heterocycles. The maximum absolute atomic E-state index is 11.9. The van der Waals surface area contributed by atoms with E-state index in [1.165, 1.54) is 6.92 Å². The first-order valence-electron chi connectivity index (χ1n) is 7.32. The van der Waals surface area contributed by atoms with Crippen LogP contribution in [0.3, 0.4) is 0 Å². The molecule has 1 aliphatic rings. The summed E-state index contributed by atoms with van der Waals surface area (Å²) in [6.07, 6.45) is 0.522. The van der Waals surface area contributed by atoms with Gasteiger partial charge in [-0.05, 0) is 36.1 Å². The van der Waals surface area contributed by atoms with Gasteiger partial charge in [0.15, 0.2) is 0 Å². The van der Waals surface area contributed by atoms with E-state index in [4.69, 9.17) is 9.47 Å². The number of carbonyl (C=O) groups excluding carboxylic acids is 2. The molecule has 4 nitrogen and oxygen atoms in total. The molecule has 0 aromatic heterocycles. The van der Waals surface area contributed by atoms with Crippen molar-refractivity contribution >= 4 is 11.9 Å². The van der Waals surface area contributed by atoms with E-state index in [0.29, 0.717) is 5.57 Å². The van der Waals surface area contributed by atoms with Gasteiger partial charge in [-0.2, -0.15) is 0 Å². The molecule has 1 aliphatic carbocycles. The van der Waals surface area contributed by atoms with Crippen LogP contribution in [0.4, 0.5) is 0 Å². The first-order valence-corrected chi connectivity index (χ1v) is 7.32. The SMILES string of the molecule is C=C(C)C(=O)OC1c2cc(COC(C)=O)ccc2CC1(C)C. The highest BCUT2D eigenvalue weighted by molar-refractivity contribution is 5.87. The molecule has 2 rings (SSSR count). The molecule has 1 aromatic rings. The van der Waals surface area contributed by atoms with E-state index in [-0.39, 0.29) is 30.1 Å². The van der Waals surface area contributed by atoms with Crippen LogP contribution in [0.25, 0.3) is 0 Å². The molecule has 1 atom stereocenters. The van der Waals surface area contributed by atoms with Crippen LogP contribution in [0.5, 0.6) is 0 Å². The first-order chi connectivity index (χ1) is 10.2. The Balaban J connectivity index is 2.28. The van der Waals surface area contributed by atoms with E-state index < -0.39 is 0 Å². The zero-order chi connectivity index (χ0) is 16.5. The number of hydrogen-bond donors (Lipinski definition) is 0. The fourth-order valence-corrected chi connectivity index (χ4v) is 2.76. The molecular formula is C18H22O4. The standard InChI is InChI=1S/C18H22O4/c1-11(2)17(20)22-16-15-8-13(10-21-12(3)19)6-7-14(15)9-18(16,4)5/h6-8,16H,1,9-10H2,2-5H3. The summed E-state index contributed by atoms with van der Waals surface area (Å²) in [7, 11) is 0. The van der Waals surface area contributed by atoms with Gasteiger partial charge in [0, 0.05) is 17.9 Å². The van der Waals surface area contributed by atoms with Crippen molar-refractivity contribution in [1.29, 1.82) is 0 Å². The monoisotopic (exact) mass is 302 g/mol. The molecule has 4 heteroatoms. The summed E-state index contributed by atoms with van der Waals surface area (Å²) in [6.45, 7) is 11.0. The third kappa shape index (κ3) is 3.38. The second kappa shape index (κ2) is 5.95. The van der Waals surface area contributed by atoms with Gasteiger partial charge in [0.1, 0.15) is 12.7 Å². The van der Waals surface area contributed by atoms with Gasteiger partial charge in [0.2, 0.25) is 0 Å². The Bertz CT molecular complexity index is 628. The first kappa shape index (κ1) is 16.3. The lowest BCUT2D eigenvalue weighted by Crippen LogP contribution is -2.23. The van der Waals surface area contributed by atoms with Gasteiger partial charge in [0.05, 0.1) is 0 Å². The molecular weight excluding hydrogens is 280 g/mol. The van der Waals surface area contributed by atoms with E-state index >= 15 is 0 Å². The normalized spacial score (nSPS) is 18.5. The van der Waals surface area contributed by atoms with Gasteiger partial charge >= 0.3 is 11.9 Å². The van der Waals surface area contributed by atoms with Crippen LogP contribution in [0.1, 0.15) is 50.5 Å². The topological polar surface area (TPSA) is 52.6 Å². The summed E-state index contributed by atoms with van der Waals surface area (Å²) < 4.78 is 10.7. The van der Waals surface area contributed by atoms with Crippen molar-refractivity contribution < 1.29 is 19.1 Å². The number of esters is 2. The van der Waals surface area contributed by atoms with Gasteiger partial charge in [-0.1, -0.05) is 32.6 Å². The van der Waals surface area contributed by atoms with E-state index in [1.54, 1.807) is 6.92 Å². The number of benzene rings is 1. The molecule has 22 heavy (non-hydrogen) atoms. The molecule has 0 heterocycles. The van der Waals surface area contributed by atoms with Gasteiger partial charge < -0.3 is 9.47 Å². The van der Waals surface area contributed by atoms with E-state index in [9.17, 15) is 9.59 Å². The average Bonchev–Trinajstić information content (AvgIpc) is 2.67. The Hall–Kier alpha value is -2.10. The molecule has 0 radical (unpaired) electrons. The highest BCUT2D eigenvalue weighted by Crippen LogP contribution is 2.48. The molecule has 0 spiro atoms. The summed E-state index contributed by atoms with van der Waals surface area (Å²) in [5.74, 6) is -0.692. The summed E-state index contributed by atoms with van der Waals surface area (Å²) in [6, 6.07) is 5.93. The Labute approximate surface area is 131 Å². The van der Waals surface area contributed by atoms with Crippen LogP contribution >= 0.6 is 0 Å². The van der Waals surface area contributed by atoms with Crippen LogP contribution in [-0.2, 0) is 32.1 Å². The van der Waals surface area contributed by atoms with Crippen molar-refractivity contribution in [2.75, 3.05) is 0 Å². The minimum Gasteiger partial charge on any atom is -0.461 e. The summed E-state index contributed by atoms with van der Waals surface area (Å²) in [5, 5.41) is 0. The van der Waals surface area contributed by atoms with Crippen molar-refractivity contribution in [1.82, 2.24) is 0 Å². The summed E-state index contributed by atoms with van der Waals surface area (Å²) in [5.41, 5.74) is 3.26. The maximum Gasteiger partial charge on any atom is 0.333 e. The third-order valence-corrected chi connectivity index (χ3v) is 3.86. The summed E-state index contributed by atoms with van der Waals surface area (Å²) >= 11 is 0. The Kier molecular flexibility index (Phi) is 4.40. The van der Waals surface area contributed by atoms with Crippen LogP contribution in [-0.4, -0.2) is 11.9 Å². The highest BCUT2D eigenvalue weighted by Gasteiger charge is 2.41. The predicted octanol–water partition coefficient (Wildman–Crippen LogP) is 3.49. The molecule has 0 aliphatic heterocycles. The lowest BCUT2D eigenvalue weighted by molar-refractivity contribution is -0.150. The fraction of sp³-hybridized carbons (Fsp3) is 0.444. The highest BCUT2D eigenvalue weighted by atomic mass is 16.5. The zero-order valence-electron chi connectivity index (χ0n) is 13.6. The van der Waals surface area contributed by atoms with Crippen LogP contribution in [0, 0.1) is 5.41 Å². The van der Waals surface area contributed by atoms with Crippen molar-refractivity contribution in [3.63, 3.8) is 0 Å². The molecule has 0 fully saturated rings. The average molecular weight is 302 g/mol. The van der Waals surface area contributed by atoms with Crippen molar-refractivity contribution in [2.24, 2.45) is 5.41 Å². The van der Waals surface area contributed by atoms with Crippen LogP contribution in [0.15, 0.2) is 30.4 Å². The van der Waals surface area contributed by atoms with Crippen molar-refractivity contribution in [3.8, 4) is 0 Å².